The molecule has 9 nitrogen and oxygen atoms in total. The number of carbonyl (C=O) groups excluding carboxylic acids is 1. The maximum Gasteiger partial charge on any atom is 0.302 e. The molecule has 1 heterocycles. The summed E-state index contributed by atoms with van der Waals surface area (Å²) in [5, 5.41) is 14.6. The fourth-order valence-electron chi connectivity index (χ4n) is 3.27. The molecule has 0 amide bonds. The Balaban J connectivity index is 1.78. The van der Waals surface area contributed by atoms with E-state index in [1.54, 1.807) is 0 Å². The quantitative estimate of drug-likeness (QED) is 0.284. The number of aliphatic hydroxyl groups is 1. The van der Waals surface area contributed by atoms with Crippen LogP contribution in [-0.2, 0) is 37.0 Å². The number of nitrogens with zero attached hydrogens (tertiary/aromatic N) is 3. The minimum absolute atomic E-state index is 0.185. The Kier molecular flexibility index (Phi) is 8.40. The zero-order valence-corrected chi connectivity index (χ0v) is 17.1. The van der Waals surface area contributed by atoms with E-state index in [9.17, 15) is 9.90 Å². The third kappa shape index (κ3) is 6.52. The monoisotopic (exact) mass is 427 g/mol. The maximum absolute atomic E-state index is 11.3. The molecule has 0 aliphatic carbocycles. The van der Waals surface area contributed by atoms with Crippen molar-refractivity contribution in [2.24, 2.45) is 5.11 Å². The van der Waals surface area contributed by atoms with Gasteiger partial charge < -0.3 is 24.1 Å². The van der Waals surface area contributed by atoms with Gasteiger partial charge in [-0.25, -0.2) is 0 Å². The molecule has 0 bridgehead atoms. The van der Waals surface area contributed by atoms with Gasteiger partial charge in [0.05, 0.1) is 19.3 Å². The van der Waals surface area contributed by atoms with E-state index in [1.165, 1.54) is 6.92 Å². The highest BCUT2D eigenvalue weighted by Crippen LogP contribution is 2.29. The van der Waals surface area contributed by atoms with Crippen molar-refractivity contribution in [2.75, 3.05) is 6.61 Å². The molecule has 31 heavy (non-hydrogen) atoms. The first-order valence-electron chi connectivity index (χ1n) is 9.90. The van der Waals surface area contributed by atoms with Crippen molar-refractivity contribution in [3.63, 3.8) is 0 Å². The Morgan fingerprint density at radius 3 is 2.19 bits per heavy atom. The van der Waals surface area contributed by atoms with Crippen LogP contribution in [0.1, 0.15) is 18.1 Å². The molecular weight excluding hydrogens is 402 g/mol. The van der Waals surface area contributed by atoms with Crippen LogP contribution in [0.2, 0.25) is 0 Å². The minimum atomic E-state index is -1.20. The normalized spacial score (nSPS) is 25.4. The molecular formula is C22H25N3O6. The van der Waals surface area contributed by atoms with Crippen LogP contribution < -0.4 is 0 Å². The minimum Gasteiger partial charge on any atom is -0.463 e. The summed E-state index contributed by atoms with van der Waals surface area (Å²) < 4.78 is 22.7. The second kappa shape index (κ2) is 11.5. The van der Waals surface area contributed by atoms with Crippen LogP contribution >= 0.6 is 0 Å². The average Bonchev–Trinajstić information content (AvgIpc) is 2.79. The van der Waals surface area contributed by atoms with Gasteiger partial charge in [0, 0.05) is 11.8 Å². The lowest BCUT2D eigenvalue weighted by Crippen LogP contribution is -2.59. The lowest BCUT2D eigenvalue weighted by Gasteiger charge is -2.42. The number of aliphatic hydroxyl groups excluding tert-OH is 1. The molecule has 3 rings (SSSR count). The zero-order chi connectivity index (χ0) is 22.1. The highest BCUT2D eigenvalue weighted by atomic mass is 16.7. The van der Waals surface area contributed by atoms with Crippen molar-refractivity contribution in [2.45, 2.75) is 50.8 Å². The second-order valence-corrected chi connectivity index (χ2v) is 7.09. The summed E-state index contributed by atoms with van der Waals surface area (Å²) in [6.45, 7) is 1.47. The molecule has 5 atom stereocenters. The van der Waals surface area contributed by atoms with Crippen LogP contribution in [0, 0.1) is 0 Å². The Bertz CT molecular complexity index is 875. The summed E-state index contributed by atoms with van der Waals surface area (Å²) in [5.74, 6) is -0.503. The Morgan fingerprint density at radius 1 is 1.06 bits per heavy atom. The van der Waals surface area contributed by atoms with Gasteiger partial charge in [-0.3, -0.25) is 4.79 Å². The van der Waals surface area contributed by atoms with E-state index in [0.717, 1.165) is 11.1 Å². The molecule has 2 aromatic carbocycles. The van der Waals surface area contributed by atoms with Gasteiger partial charge in [0.25, 0.3) is 0 Å². The predicted molar refractivity (Wildman–Crippen MR) is 110 cm³/mol. The van der Waals surface area contributed by atoms with Crippen LogP contribution in [0.5, 0.6) is 0 Å². The number of ether oxygens (including phenoxy) is 4. The molecule has 0 spiro atoms. The molecule has 1 unspecified atom stereocenters. The summed E-state index contributed by atoms with van der Waals surface area (Å²) >= 11 is 0. The number of carbonyl (C=O) groups is 1. The standard InChI is InChI=1S/C22H25N3O6/c1-15(26)28-14-18-20(27)21(29-12-16-8-4-2-5-9-16)19(24-25-23)22(31-18)30-13-17-10-6-3-7-11-17/h2-11,18-22,27H,12-14H2,1H3/t18-,19-,20-,21-,22?/m1/s1. The van der Waals surface area contributed by atoms with Gasteiger partial charge >= 0.3 is 5.97 Å². The van der Waals surface area contributed by atoms with E-state index in [0.29, 0.717) is 0 Å². The molecule has 164 valence electrons. The van der Waals surface area contributed by atoms with Crippen molar-refractivity contribution in [3.05, 3.63) is 82.2 Å². The topological polar surface area (TPSA) is 123 Å². The third-order valence-corrected chi connectivity index (χ3v) is 4.82. The number of esters is 1. The highest BCUT2D eigenvalue weighted by molar-refractivity contribution is 5.65. The van der Waals surface area contributed by atoms with Gasteiger partial charge in [0.15, 0.2) is 6.29 Å². The predicted octanol–water partition coefficient (Wildman–Crippen LogP) is 3.12. The lowest BCUT2D eigenvalue weighted by molar-refractivity contribution is -0.278. The Labute approximate surface area is 180 Å². The smallest absolute Gasteiger partial charge is 0.302 e. The third-order valence-electron chi connectivity index (χ3n) is 4.82. The molecule has 9 heteroatoms. The van der Waals surface area contributed by atoms with Crippen molar-refractivity contribution < 1.29 is 28.8 Å². The second-order valence-electron chi connectivity index (χ2n) is 7.09. The van der Waals surface area contributed by atoms with Gasteiger partial charge in [-0.2, -0.15) is 0 Å². The first kappa shape index (κ1) is 22.7. The Hall–Kier alpha value is -2.94. The van der Waals surface area contributed by atoms with Crippen molar-refractivity contribution in [1.29, 1.82) is 0 Å². The van der Waals surface area contributed by atoms with Crippen molar-refractivity contribution >= 4 is 5.97 Å². The molecule has 0 saturated carbocycles. The fourth-order valence-corrected chi connectivity index (χ4v) is 3.27. The Morgan fingerprint density at radius 2 is 1.65 bits per heavy atom. The van der Waals surface area contributed by atoms with E-state index < -0.39 is 36.6 Å². The number of azide groups is 1. The fraction of sp³-hybridized carbons (Fsp3) is 0.409. The maximum atomic E-state index is 11.3. The van der Waals surface area contributed by atoms with E-state index in [4.69, 9.17) is 24.5 Å². The summed E-state index contributed by atoms with van der Waals surface area (Å²) in [7, 11) is 0. The lowest BCUT2D eigenvalue weighted by atomic mass is 9.97. The average molecular weight is 427 g/mol. The van der Waals surface area contributed by atoms with E-state index in [-0.39, 0.29) is 19.8 Å². The van der Waals surface area contributed by atoms with E-state index in [1.807, 2.05) is 60.7 Å². The van der Waals surface area contributed by atoms with Crippen LogP contribution in [0.3, 0.4) is 0 Å². The SMILES string of the molecule is CC(=O)OC[C@H]1OC(OCc2ccccc2)[C@H](N=[N+]=[N-])[C@@H](OCc2ccccc2)[C@@H]1O. The molecule has 1 aliphatic heterocycles. The summed E-state index contributed by atoms with van der Waals surface area (Å²) in [4.78, 5) is 14.1. The zero-order valence-electron chi connectivity index (χ0n) is 17.1. The van der Waals surface area contributed by atoms with Gasteiger partial charge in [-0.1, -0.05) is 65.8 Å². The number of hydrogen-bond donors (Lipinski definition) is 1. The highest BCUT2D eigenvalue weighted by Gasteiger charge is 2.46. The van der Waals surface area contributed by atoms with Gasteiger partial charge in [-0.15, -0.1) is 0 Å². The van der Waals surface area contributed by atoms with Crippen molar-refractivity contribution in [1.82, 2.24) is 0 Å². The summed E-state index contributed by atoms with van der Waals surface area (Å²) in [5.41, 5.74) is 10.9. The first-order chi connectivity index (χ1) is 15.1. The van der Waals surface area contributed by atoms with E-state index >= 15 is 0 Å². The number of rotatable bonds is 9. The van der Waals surface area contributed by atoms with Crippen LogP contribution in [-0.4, -0.2) is 48.3 Å². The van der Waals surface area contributed by atoms with Crippen molar-refractivity contribution in [3.8, 4) is 0 Å². The van der Waals surface area contributed by atoms with Gasteiger partial charge in [0.1, 0.15) is 24.9 Å². The summed E-state index contributed by atoms with van der Waals surface area (Å²) in [6, 6.07) is 17.9. The van der Waals surface area contributed by atoms with Crippen LogP contribution in [0.25, 0.3) is 10.4 Å². The molecule has 2 aromatic rings. The first-order valence-corrected chi connectivity index (χ1v) is 9.90. The summed E-state index contributed by atoms with van der Waals surface area (Å²) in [6.07, 6.45) is -4.03. The molecule has 1 fully saturated rings. The number of benzene rings is 2. The van der Waals surface area contributed by atoms with Crippen LogP contribution in [0.4, 0.5) is 0 Å². The number of hydrogen-bond acceptors (Lipinski definition) is 7. The molecule has 1 saturated heterocycles. The molecule has 0 aromatic heterocycles. The van der Waals surface area contributed by atoms with Gasteiger partial charge in [-0.05, 0) is 16.7 Å². The molecule has 1 aliphatic rings. The largest absolute Gasteiger partial charge is 0.463 e. The van der Waals surface area contributed by atoms with Crippen LogP contribution in [0.15, 0.2) is 65.8 Å². The van der Waals surface area contributed by atoms with E-state index in [2.05, 4.69) is 10.0 Å². The van der Waals surface area contributed by atoms with Gasteiger partial charge in [0.2, 0.25) is 0 Å². The molecule has 1 N–H and O–H groups in total. The molecule has 0 radical (unpaired) electrons.